The number of amides is 2. The van der Waals surface area contributed by atoms with Gasteiger partial charge in [0.15, 0.2) is 0 Å². The minimum atomic E-state index is -0.554. The van der Waals surface area contributed by atoms with Gasteiger partial charge in [0.05, 0.1) is 6.04 Å². The summed E-state index contributed by atoms with van der Waals surface area (Å²) in [5, 5.41) is 0. The molecule has 1 aromatic heterocycles. The summed E-state index contributed by atoms with van der Waals surface area (Å²) in [6.45, 7) is 11.9. The zero-order valence-electron chi connectivity index (χ0n) is 18.4. The van der Waals surface area contributed by atoms with Crippen molar-refractivity contribution in [1.29, 1.82) is 0 Å². The maximum absolute atomic E-state index is 12.7. The zero-order valence-corrected chi connectivity index (χ0v) is 18.4. The van der Waals surface area contributed by atoms with E-state index in [1.165, 1.54) is 0 Å². The second-order valence-corrected chi connectivity index (χ2v) is 9.86. The summed E-state index contributed by atoms with van der Waals surface area (Å²) in [5.74, 6) is 0.590. The Morgan fingerprint density at radius 2 is 1.69 bits per heavy atom. The third-order valence-corrected chi connectivity index (χ3v) is 4.79. The lowest BCUT2D eigenvalue weighted by Crippen LogP contribution is -2.39. The molecule has 0 radical (unpaired) electrons. The molecular weight excluding hydrogens is 370 g/mol. The SMILES string of the molecule is CC(C)(C)OC(=O)N(c1ccc([C@H]2CCCN2C(=O)OC(C)(C)C)cn1)C1CC1. The number of hydrogen-bond donors (Lipinski definition) is 0. The number of anilines is 1. The van der Waals surface area contributed by atoms with Gasteiger partial charge in [-0.1, -0.05) is 6.07 Å². The molecule has 2 fully saturated rings. The van der Waals surface area contributed by atoms with E-state index in [4.69, 9.17) is 9.47 Å². The van der Waals surface area contributed by atoms with Gasteiger partial charge in [0.2, 0.25) is 0 Å². The Balaban J connectivity index is 1.75. The number of carbonyl (C=O) groups excluding carboxylic acids is 2. The second-order valence-electron chi connectivity index (χ2n) is 9.86. The fourth-order valence-corrected chi connectivity index (χ4v) is 3.46. The van der Waals surface area contributed by atoms with Crippen LogP contribution in [0.15, 0.2) is 18.3 Å². The number of likely N-dealkylation sites (tertiary alicyclic amines) is 1. The van der Waals surface area contributed by atoms with Gasteiger partial charge in [-0.3, -0.25) is 4.90 Å². The second kappa shape index (κ2) is 7.84. The number of nitrogens with zero attached hydrogens (tertiary/aromatic N) is 3. The largest absolute Gasteiger partial charge is 0.444 e. The highest BCUT2D eigenvalue weighted by molar-refractivity contribution is 5.88. The Bertz CT molecular complexity index is 745. The van der Waals surface area contributed by atoms with Crippen LogP contribution in [-0.4, -0.2) is 45.9 Å². The number of pyridine rings is 1. The summed E-state index contributed by atoms with van der Waals surface area (Å²) in [6, 6.07) is 3.90. The van der Waals surface area contributed by atoms with Crippen LogP contribution in [0.2, 0.25) is 0 Å². The Labute approximate surface area is 173 Å². The zero-order chi connectivity index (χ0) is 21.4. The number of hydrogen-bond acceptors (Lipinski definition) is 5. The summed E-state index contributed by atoms with van der Waals surface area (Å²) in [7, 11) is 0. The van der Waals surface area contributed by atoms with Crippen LogP contribution in [0.25, 0.3) is 0 Å². The van der Waals surface area contributed by atoms with Crippen LogP contribution in [0.4, 0.5) is 15.4 Å². The molecule has 2 heterocycles. The normalized spacial score (nSPS) is 19.8. The molecule has 0 spiro atoms. The molecule has 7 heteroatoms. The van der Waals surface area contributed by atoms with E-state index < -0.39 is 11.2 Å². The molecule has 2 aliphatic rings. The molecular formula is C22H33N3O4. The number of carbonyl (C=O) groups is 2. The summed E-state index contributed by atoms with van der Waals surface area (Å²) >= 11 is 0. The number of rotatable bonds is 3. The molecule has 29 heavy (non-hydrogen) atoms. The Hall–Kier alpha value is -2.31. The predicted octanol–water partition coefficient (Wildman–Crippen LogP) is 5.06. The average molecular weight is 404 g/mol. The van der Waals surface area contributed by atoms with E-state index >= 15 is 0 Å². The summed E-state index contributed by atoms with van der Waals surface area (Å²) in [4.78, 5) is 33.2. The fourth-order valence-electron chi connectivity index (χ4n) is 3.46. The lowest BCUT2D eigenvalue weighted by molar-refractivity contribution is 0.0224. The van der Waals surface area contributed by atoms with Gasteiger partial charge in [0.25, 0.3) is 0 Å². The highest BCUT2D eigenvalue weighted by Gasteiger charge is 2.38. The van der Waals surface area contributed by atoms with Crippen LogP contribution in [0.1, 0.15) is 78.8 Å². The molecule has 2 amide bonds. The topological polar surface area (TPSA) is 72.0 Å². The predicted molar refractivity (Wildman–Crippen MR) is 111 cm³/mol. The van der Waals surface area contributed by atoms with Gasteiger partial charge in [0, 0.05) is 18.8 Å². The van der Waals surface area contributed by atoms with Crippen molar-refractivity contribution in [3.05, 3.63) is 23.9 Å². The van der Waals surface area contributed by atoms with Crippen molar-refractivity contribution in [2.75, 3.05) is 11.4 Å². The fraction of sp³-hybridized carbons (Fsp3) is 0.682. The van der Waals surface area contributed by atoms with Crippen molar-refractivity contribution in [3.8, 4) is 0 Å². The van der Waals surface area contributed by atoms with E-state index in [0.29, 0.717) is 12.4 Å². The quantitative estimate of drug-likeness (QED) is 0.705. The molecule has 1 aromatic rings. The van der Waals surface area contributed by atoms with Crippen LogP contribution in [-0.2, 0) is 9.47 Å². The first-order valence-corrected chi connectivity index (χ1v) is 10.4. The maximum atomic E-state index is 12.7. The van der Waals surface area contributed by atoms with Crippen molar-refractivity contribution in [3.63, 3.8) is 0 Å². The molecule has 0 aromatic carbocycles. The van der Waals surface area contributed by atoms with Gasteiger partial charge in [-0.25, -0.2) is 14.6 Å². The third-order valence-electron chi connectivity index (χ3n) is 4.79. The van der Waals surface area contributed by atoms with Crippen LogP contribution < -0.4 is 4.90 Å². The lowest BCUT2D eigenvalue weighted by Gasteiger charge is -2.29. The van der Waals surface area contributed by atoms with Crippen molar-refractivity contribution >= 4 is 18.0 Å². The van der Waals surface area contributed by atoms with E-state index in [2.05, 4.69) is 4.98 Å². The molecule has 3 rings (SSSR count). The van der Waals surface area contributed by atoms with Gasteiger partial charge < -0.3 is 14.4 Å². The molecule has 7 nitrogen and oxygen atoms in total. The molecule has 1 aliphatic carbocycles. The molecule has 1 saturated carbocycles. The van der Waals surface area contributed by atoms with Crippen molar-refractivity contribution in [2.24, 2.45) is 0 Å². The first-order chi connectivity index (χ1) is 13.4. The number of aromatic nitrogens is 1. The van der Waals surface area contributed by atoms with Gasteiger partial charge in [-0.2, -0.15) is 0 Å². The van der Waals surface area contributed by atoms with E-state index in [1.807, 2.05) is 53.7 Å². The highest BCUT2D eigenvalue weighted by atomic mass is 16.6. The Morgan fingerprint density at radius 1 is 1.03 bits per heavy atom. The third kappa shape index (κ3) is 5.61. The van der Waals surface area contributed by atoms with Crippen molar-refractivity contribution < 1.29 is 19.1 Å². The van der Waals surface area contributed by atoms with Gasteiger partial charge in [-0.05, 0) is 78.9 Å². The van der Waals surface area contributed by atoms with Crippen LogP contribution in [0, 0.1) is 0 Å². The smallest absolute Gasteiger partial charge is 0.416 e. The van der Waals surface area contributed by atoms with Gasteiger partial charge in [-0.15, -0.1) is 0 Å². The average Bonchev–Trinajstić information content (AvgIpc) is 3.27. The van der Waals surface area contributed by atoms with Crippen molar-refractivity contribution in [1.82, 2.24) is 9.88 Å². The molecule has 0 unspecified atom stereocenters. The standard InChI is InChI=1S/C22H33N3O4/c1-21(2,3)28-19(26)24-13-7-8-17(24)15-9-12-18(23-14-15)25(16-10-11-16)20(27)29-22(4,5)6/h9,12,14,16-17H,7-8,10-11,13H2,1-6H3/t17-/m1/s1. The monoisotopic (exact) mass is 403 g/mol. The van der Waals surface area contributed by atoms with E-state index in [1.54, 1.807) is 16.0 Å². The summed E-state index contributed by atoms with van der Waals surface area (Å²) in [5.41, 5.74) is -0.121. The van der Waals surface area contributed by atoms with E-state index in [9.17, 15) is 9.59 Å². The molecule has 0 N–H and O–H groups in total. The Morgan fingerprint density at radius 3 is 2.21 bits per heavy atom. The Kier molecular flexibility index (Phi) is 5.79. The first kappa shape index (κ1) is 21.4. The lowest BCUT2D eigenvalue weighted by atomic mass is 10.1. The van der Waals surface area contributed by atoms with Gasteiger partial charge in [0.1, 0.15) is 17.0 Å². The minimum absolute atomic E-state index is 0.0534. The first-order valence-electron chi connectivity index (χ1n) is 10.4. The molecule has 1 atom stereocenters. The highest BCUT2D eigenvalue weighted by Crippen LogP contribution is 2.35. The number of ether oxygens (including phenoxy) is 2. The van der Waals surface area contributed by atoms with Crippen LogP contribution in [0.5, 0.6) is 0 Å². The molecule has 1 aliphatic heterocycles. The summed E-state index contributed by atoms with van der Waals surface area (Å²) in [6.07, 6.45) is 4.82. The van der Waals surface area contributed by atoms with E-state index in [-0.39, 0.29) is 24.3 Å². The maximum Gasteiger partial charge on any atom is 0.416 e. The van der Waals surface area contributed by atoms with Gasteiger partial charge >= 0.3 is 12.2 Å². The summed E-state index contributed by atoms with van der Waals surface area (Å²) < 4.78 is 11.1. The van der Waals surface area contributed by atoms with E-state index in [0.717, 1.165) is 31.2 Å². The van der Waals surface area contributed by atoms with Crippen LogP contribution >= 0.6 is 0 Å². The molecule has 1 saturated heterocycles. The van der Waals surface area contributed by atoms with Crippen LogP contribution in [0.3, 0.4) is 0 Å². The van der Waals surface area contributed by atoms with Crippen molar-refractivity contribution in [2.45, 2.75) is 90.5 Å². The molecule has 160 valence electrons. The minimum Gasteiger partial charge on any atom is -0.444 e. The molecule has 0 bridgehead atoms.